The fraction of sp³-hybridized carbons (Fsp3) is 0.273. The molecule has 0 saturated heterocycles. The molecule has 2 heterocycles. The maximum Gasteiger partial charge on any atom is 0.137 e. The summed E-state index contributed by atoms with van der Waals surface area (Å²) in [5.41, 5.74) is 6.97. The van der Waals surface area contributed by atoms with Gasteiger partial charge in [0.1, 0.15) is 17.7 Å². The standard InChI is InChI=1S/C11H14N4O2/c1-15-11(12)9(6-14-15)10(16)7-3-8(17-2)5-13-4-7/h3-6,10,16H,12H2,1-2H3. The first kappa shape index (κ1) is 11.4. The molecule has 2 rings (SSSR count). The highest BCUT2D eigenvalue weighted by Crippen LogP contribution is 2.27. The molecule has 1 atom stereocenters. The lowest BCUT2D eigenvalue weighted by atomic mass is 10.1. The van der Waals surface area contributed by atoms with E-state index in [1.165, 1.54) is 4.68 Å². The van der Waals surface area contributed by atoms with E-state index in [-0.39, 0.29) is 0 Å². The van der Waals surface area contributed by atoms with Crippen molar-refractivity contribution in [3.05, 3.63) is 35.8 Å². The van der Waals surface area contributed by atoms with Crippen molar-refractivity contribution in [1.29, 1.82) is 0 Å². The van der Waals surface area contributed by atoms with Gasteiger partial charge in [-0.15, -0.1) is 0 Å². The first-order valence-electron chi connectivity index (χ1n) is 5.08. The fourth-order valence-electron chi connectivity index (χ4n) is 1.55. The molecule has 1 unspecified atom stereocenters. The van der Waals surface area contributed by atoms with Crippen LogP contribution in [0.2, 0.25) is 0 Å². The molecule has 2 aromatic heterocycles. The van der Waals surface area contributed by atoms with Crippen molar-refractivity contribution in [2.45, 2.75) is 6.10 Å². The van der Waals surface area contributed by atoms with Crippen LogP contribution in [-0.2, 0) is 7.05 Å². The molecule has 0 aromatic carbocycles. The molecular formula is C11H14N4O2. The van der Waals surface area contributed by atoms with Crippen LogP contribution in [0.3, 0.4) is 0 Å². The first-order valence-corrected chi connectivity index (χ1v) is 5.08. The lowest BCUT2D eigenvalue weighted by molar-refractivity contribution is 0.220. The minimum atomic E-state index is -0.855. The van der Waals surface area contributed by atoms with Crippen LogP contribution in [0.15, 0.2) is 24.7 Å². The van der Waals surface area contributed by atoms with Crippen LogP contribution < -0.4 is 10.5 Å². The van der Waals surface area contributed by atoms with E-state index in [2.05, 4.69) is 10.1 Å². The Bertz CT molecular complexity index is 524. The topological polar surface area (TPSA) is 86.2 Å². The van der Waals surface area contributed by atoms with Gasteiger partial charge in [0, 0.05) is 24.4 Å². The highest BCUT2D eigenvalue weighted by Gasteiger charge is 2.17. The Morgan fingerprint density at radius 2 is 2.18 bits per heavy atom. The average molecular weight is 234 g/mol. The predicted octanol–water partition coefficient (Wildman–Crippen LogP) is 0.488. The summed E-state index contributed by atoms with van der Waals surface area (Å²) < 4.78 is 6.56. The van der Waals surface area contributed by atoms with Gasteiger partial charge in [-0.1, -0.05) is 0 Å². The zero-order chi connectivity index (χ0) is 12.4. The Hall–Kier alpha value is -2.08. The van der Waals surface area contributed by atoms with E-state index in [4.69, 9.17) is 10.5 Å². The number of aliphatic hydroxyl groups excluding tert-OH is 1. The van der Waals surface area contributed by atoms with E-state index >= 15 is 0 Å². The molecule has 90 valence electrons. The molecule has 0 amide bonds. The van der Waals surface area contributed by atoms with Crippen LogP contribution in [0.25, 0.3) is 0 Å². The van der Waals surface area contributed by atoms with E-state index in [1.807, 2.05) is 0 Å². The quantitative estimate of drug-likeness (QED) is 0.807. The van der Waals surface area contributed by atoms with Crippen molar-refractivity contribution in [1.82, 2.24) is 14.8 Å². The molecular weight excluding hydrogens is 220 g/mol. The van der Waals surface area contributed by atoms with Crippen molar-refractivity contribution >= 4 is 5.82 Å². The van der Waals surface area contributed by atoms with Crippen molar-refractivity contribution < 1.29 is 9.84 Å². The van der Waals surface area contributed by atoms with Gasteiger partial charge in [0.05, 0.1) is 19.5 Å². The van der Waals surface area contributed by atoms with Crippen molar-refractivity contribution in [2.24, 2.45) is 7.05 Å². The number of nitrogen functional groups attached to an aromatic ring is 1. The number of nitrogens with two attached hydrogens (primary N) is 1. The smallest absolute Gasteiger partial charge is 0.137 e. The molecule has 0 fully saturated rings. The summed E-state index contributed by atoms with van der Waals surface area (Å²) in [6, 6.07) is 1.71. The van der Waals surface area contributed by atoms with E-state index < -0.39 is 6.10 Å². The molecule has 0 aliphatic carbocycles. The number of aromatic nitrogens is 3. The second-order valence-corrected chi connectivity index (χ2v) is 3.67. The Balaban J connectivity index is 2.36. The fourth-order valence-corrected chi connectivity index (χ4v) is 1.55. The van der Waals surface area contributed by atoms with E-state index in [1.54, 1.807) is 38.8 Å². The van der Waals surface area contributed by atoms with Gasteiger partial charge < -0.3 is 15.6 Å². The minimum absolute atomic E-state index is 0.431. The zero-order valence-corrected chi connectivity index (χ0v) is 9.66. The van der Waals surface area contributed by atoms with Gasteiger partial charge in [-0.05, 0) is 6.07 Å². The molecule has 17 heavy (non-hydrogen) atoms. The van der Waals surface area contributed by atoms with Gasteiger partial charge >= 0.3 is 0 Å². The van der Waals surface area contributed by atoms with Crippen LogP contribution in [0.4, 0.5) is 5.82 Å². The summed E-state index contributed by atoms with van der Waals surface area (Å²) >= 11 is 0. The van der Waals surface area contributed by atoms with E-state index in [9.17, 15) is 5.11 Å². The lowest BCUT2D eigenvalue weighted by Crippen LogP contribution is -2.05. The second-order valence-electron chi connectivity index (χ2n) is 3.67. The molecule has 0 bridgehead atoms. The Morgan fingerprint density at radius 1 is 1.41 bits per heavy atom. The Morgan fingerprint density at radius 3 is 2.76 bits per heavy atom. The van der Waals surface area contributed by atoms with Crippen LogP contribution in [-0.4, -0.2) is 27.0 Å². The molecule has 0 saturated carbocycles. The molecule has 3 N–H and O–H groups in total. The third kappa shape index (κ3) is 2.07. The van der Waals surface area contributed by atoms with Gasteiger partial charge in [-0.25, -0.2) is 0 Å². The number of ether oxygens (including phenoxy) is 1. The number of aryl methyl sites for hydroxylation is 1. The summed E-state index contributed by atoms with van der Waals surface area (Å²) in [6.45, 7) is 0. The third-order valence-corrected chi connectivity index (χ3v) is 2.59. The number of rotatable bonds is 3. The number of anilines is 1. The average Bonchev–Trinajstić information content (AvgIpc) is 2.69. The SMILES string of the molecule is COc1cncc(C(O)c2cnn(C)c2N)c1. The third-order valence-electron chi connectivity index (χ3n) is 2.59. The van der Waals surface area contributed by atoms with E-state index in [0.29, 0.717) is 22.7 Å². The molecule has 0 aliphatic heterocycles. The lowest BCUT2D eigenvalue weighted by Gasteiger charge is -2.11. The molecule has 6 heteroatoms. The largest absolute Gasteiger partial charge is 0.495 e. The number of aliphatic hydroxyl groups is 1. The molecule has 0 aliphatic rings. The van der Waals surface area contributed by atoms with Crippen LogP contribution >= 0.6 is 0 Å². The monoisotopic (exact) mass is 234 g/mol. The highest BCUT2D eigenvalue weighted by molar-refractivity contribution is 5.44. The maximum atomic E-state index is 10.2. The van der Waals surface area contributed by atoms with Crippen LogP contribution in [0.5, 0.6) is 5.75 Å². The number of nitrogens with zero attached hydrogens (tertiary/aromatic N) is 3. The number of hydrogen-bond donors (Lipinski definition) is 2. The Kier molecular flexibility index (Phi) is 2.97. The minimum Gasteiger partial charge on any atom is -0.495 e. The first-order chi connectivity index (χ1) is 8.13. The number of pyridine rings is 1. The highest BCUT2D eigenvalue weighted by atomic mass is 16.5. The van der Waals surface area contributed by atoms with Gasteiger partial charge in [0.2, 0.25) is 0 Å². The second kappa shape index (κ2) is 4.42. The molecule has 6 nitrogen and oxygen atoms in total. The molecule has 0 spiro atoms. The van der Waals surface area contributed by atoms with Gasteiger partial charge in [-0.2, -0.15) is 5.10 Å². The molecule has 2 aromatic rings. The van der Waals surface area contributed by atoms with Crippen molar-refractivity contribution in [2.75, 3.05) is 12.8 Å². The summed E-state index contributed by atoms with van der Waals surface area (Å²) in [5.74, 6) is 1.02. The van der Waals surface area contributed by atoms with Crippen molar-refractivity contribution in [3.8, 4) is 5.75 Å². The predicted molar refractivity (Wildman–Crippen MR) is 62.5 cm³/mol. The Labute approximate surface area is 98.7 Å². The van der Waals surface area contributed by atoms with Crippen molar-refractivity contribution in [3.63, 3.8) is 0 Å². The van der Waals surface area contributed by atoms with Gasteiger partial charge in [-0.3, -0.25) is 9.67 Å². The molecule has 0 radical (unpaired) electrons. The zero-order valence-electron chi connectivity index (χ0n) is 9.66. The summed E-state index contributed by atoms with van der Waals surface area (Å²) in [4.78, 5) is 3.99. The summed E-state index contributed by atoms with van der Waals surface area (Å²) in [7, 11) is 3.26. The summed E-state index contributed by atoms with van der Waals surface area (Å²) in [6.07, 6.45) is 3.83. The van der Waals surface area contributed by atoms with E-state index in [0.717, 1.165) is 0 Å². The number of hydrogen-bond acceptors (Lipinski definition) is 5. The van der Waals surface area contributed by atoms with Crippen LogP contribution in [0, 0.1) is 0 Å². The maximum absolute atomic E-state index is 10.2. The van der Waals surface area contributed by atoms with Gasteiger partial charge in [0.15, 0.2) is 0 Å². The summed E-state index contributed by atoms with van der Waals surface area (Å²) in [5, 5.41) is 14.2. The normalized spacial score (nSPS) is 12.4. The van der Waals surface area contributed by atoms with Crippen LogP contribution in [0.1, 0.15) is 17.2 Å². The number of methoxy groups -OCH3 is 1. The van der Waals surface area contributed by atoms with Gasteiger partial charge in [0.25, 0.3) is 0 Å².